The molecule has 2 unspecified atom stereocenters. The molecule has 0 aliphatic carbocycles. The highest BCUT2D eigenvalue weighted by Gasteiger charge is 2.31. The van der Waals surface area contributed by atoms with Crippen LogP contribution >= 0.6 is 0 Å². The third kappa shape index (κ3) is 4.84. The van der Waals surface area contributed by atoms with Crippen molar-refractivity contribution in [2.75, 3.05) is 13.7 Å². The van der Waals surface area contributed by atoms with Gasteiger partial charge < -0.3 is 9.47 Å². The van der Waals surface area contributed by atoms with Crippen molar-refractivity contribution in [2.24, 2.45) is 5.10 Å². The lowest BCUT2D eigenvalue weighted by molar-refractivity contribution is -0.122. The van der Waals surface area contributed by atoms with Crippen molar-refractivity contribution in [2.45, 2.75) is 25.4 Å². The van der Waals surface area contributed by atoms with Crippen molar-refractivity contribution < 1.29 is 14.3 Å². The number of nitrogens with one attached hydrogen (secondary N) is 3. The molecular weight excluding hydrogens is 344 g/mol. The summed E-state index contributed by atoms with van der Waals surface area (Å²) in [6, 6.07) is 14.9. The van der Waals surface area contributed by atoms with Crippen LogP contribution in [0.5, 0.6) is 11.5 Å². The summed E-state index contributed by atoms with van der Waals surface area (Å²) in [5.74, 6) is 1.41. The Balaban J connectivity index is 1.53. The Morgan fingerprint density at radius 3 is 2.74 bits per heavy atom. The minimum Gasteiger partial charge on any atom is -0.496 e. The number of rotatable bonds is 7. The van der Waals surface area contributed by atoms with Crippen LogP contribution in [-0.2, 0) is 4.79 Å². The Labute approximate surface area is 158 Å². The highest BCUT2D eigenvalue weighted by molar-refractivity contribution is 5.85. The van der Waals surface area contributed by atoms with Gasteiger partial charge in [0.25, 0.3) is 5.91 Å². The Hall–Kier alpha value is -2.90. The van der Waals surface area contributed by atoms with Crippen LogP contribution in [0.1, 0.15) is 30.5 Å². The van der Waals surface area contributed by atoms with E-state index >= 15 is 0 Å². The lowest BCUT2D eigenvalue weighted by Gasteiger charge is -2.13. The fourth-order valence-electron chi connectivity index (χ4n) is 2.95. The number of ether oxygens (including phenoxy) is 2. The van der Waals surface area contributed by atoms with Gasteiger partial charge in [-0.3, -0.25) is 4.79 Å². The normalized spacial score (nSPS) is 19.2. The Morgan fingerprint density at radius 2 is 2.00 bits per heavy atom. The lowest BCUT2D eigenvalue weighted by Crippen LogP contribution is -2.41. The summed E-state index contributed by atoms with van der Waals surface area (Å²) >= 11 is 0. The van der Waals surface area contributed by atoms with Crippen molar-refractivity contribution in [1.82, 2.24) is 16.3 Å². The van der Waals surface area contributed by atoms with E-state index in [2.05, 4.69) is 21.4 Å². The van der Waals surface area contributed by atoms with Gasteiger partial charge in [0.05, 0.1) is 26.0 Å². The molecule has 1 saturated heterocycles. The highest BCUT2D eigenvalue weighted by atomic mass is 16.5. The number of carbonyl (C=O) groups is 1. The van der Waals surface area contributed by atoms with Crippen LogP contribution in [0.15, 0.2) is 53.6 Å². The summed E-state index contributed by atoms with van der Waals surface area (Å²) in [7, 11) is 1.64. The number of hydrogen-bond acceptors (Lipinski definition) is 6. The molecule has 2 aromatic carbocycles. The maximum atomic E-state index is 12.3. The van der Waals surface area contributed by atoms with Gasteiger partial charge in [0.15, 0.2) is 0 Å². The summed E-state index contributed by atoms with van der Waals surface area (Å²) in [5.41, 5.74) is 10.6. The van der Waals surface area contributed by atoms with Crippen molar-refractivity contribution >= 4 is 12.1 Å². The number of benzene rings is 2. The smallest absolute Gasteiger partial charge is 0.258 e. The van der Waals surface area contributed by atoms with Crippen LogP contribution in [0.4, 0.5) is 0 Å². The second-order valence-corrected chi connectivity index (χ2v) is 6.11. The molecule has 1 amide bonds. The first kappa shape index (κ1) is 18.9. The minimum absolute atomic E-state index is 0.00742. The molecule has 1 fully saturated rings. The molecule has 0 spiro atoms. The molecule has 0 saturated carbocycles. The molecule has 1 aliphatic rings. The zero-order valence-corrected chi connectivity index (χ0v) is 15.4. The van der Waals surface area contributed by atoms with Crippen LogP contribution < -0.4 is 25.8 Å². The first-order chi connectivity index (χ1) is 13.2. The molecule has 3 rings (SSSR count). The fourth-order valence-corrected chi connectivity index (χ4v) is 2.95. The molecule has 3 N–H and O–H groups in total. The molecule has 2 aromatic rings. The van der Waals surface area contributed by atoms with Crippen LogP contribution in [0.3, 0.4) is 0 Å². The quantitative estimate of drug-likeness (QED) is 0.515. The topological polar surface area (TPSA) is 84.0 Å². The standard InChI is InChI=1S/C20H24N4O3/c1-3-27-15-10-8-14(9-11-15)13-21-24-20(25)18-12-17(22-23-18)16-6-4-5-7-19(16)26-2/h4-11,13,17-18,22-23H,3,12H2,1-2H3,(H,24,25)/b21-13+. The molecule has 0 bridgehead atoms. The van der Waals surface area contributed by atoms with E-state index in [1.165, 1.54) is 0 Å². The van der Waals surface area contributed by atoms with Crippen LogP contribution in [0, 0.1) is 0 Å². The summed E-state index contributed by atoms with van der Waals surface area (Å²) < 4.78 is 10.8. The van der Waals surface area contributed by atoms with Gasteiger partial charge in [-0.05, 0) is 49.2 Å². The van der Waals surface area contributed by atoms with Crippen molar-refractivity contribution in [3.8, 4) is 11.5 Å². The summed E-state index contributed by atoms with van der Waals surface area (Å²) in [6.45, 7) is 2.57. The third-order valence-electron chi connectivity index (χ3n) is 4.31. The highest BCUT2D eigenvalue weighted by Crippen LogP contribution is 2.29. The lowest BCUT2D eigenvalue weighted by atomic mass is 10.0. The molecular formula is C20H24N4O3. The first-order valence-electron chi connectivity index (χ1n) is 8.91. The zero-order valence-electron chi connectivity index (χ0n) is 15.4. The van der Waals surface area contributed by atoms with E-state index < -0.39 is 0 Å². The van der Waals surface area contributed by atoms with E-state index in [0.29, 0.717) is 13.0 Å². The number of hydrazone groups is 1. The van der Waals surface area contributed by atoms with E-state index in [1.54, 1.807) is 13.3 Å². The van der Waals surface area contributed by atoms with E-state index in [0.717, 1.165) is 22.6 Å². The first-order valence-corrected chi connectivity index (χ1v) is 8.91. The summed E-state index contributed by atoms with van der Waals surface area (Å²) in [6.07, 6.45) is 2.21. The molecule has 0 radical (unpaired) electrons. The van der Waals surface area contributed by atoms with Gasteiger partial charge in [-0.15, -0.1) is 0 Å². The minimum atomic E-state index is -0.377. The number of hydrogen-bond donors (Lipinski definition) is 3. The van der Waals surface area contributed by atoms with Gasteiger partial charge in [-0.1, -0.05) is 18.2 Å². The van der Waals surface area contributed by atoms with Crippen LogP contribution in [-0.4, -0.2) is 31.9 Å². The average Bonchev–Trinajstić information content (AvgIpc) is 3.19. The molecule has 27 heavy (non-hydrogen) atoms. The van der Waals surface area contributed by atoms with E-state index in [4.69, 9.17) is 9.47 Å². The van der Waals surface area contributed by atoms with Gasteiger partial charge in [0, 0.05) is 5.56 Å². The van der Waals surface area contributed by atoms with Gasteiger partial charge in [0.2, 0.25) is 0 Å². The van der Waals surface area contributed by atoms with Gasteiger partial charge >= 0.3 is 0 Å². The summed E-state index contributed by atoms with van der Waals surface area (Å²) in [5, 5.41) is 4.04. The third-order valence-corrected chi connectivity index (χ3v) is 4.31. The Bertz CT molecular complexity index is 792. The Morgan fingerprint density at radius 1 is 1.22 bits per heavy atom. The summed E-state index contributed by atoms with van der Waals surface area (Å²) in [4.78, 5) is 12.3. The molecule has 7 heteroatoms. The van der Waals surface area contributed by atoms with Gasteiger partial charge in [-0.2, -0.15) is 5.10 Å². The maximum Gasteiger partial charge on any atom is 0.258 e. The molecule has 1 aliphatic heterocycles. The number of methoxy groups -OCH3 is 1. The Kier molecular flexibility index (Phi) is 6.40. The largest absolute Gasteiger partial charge is 0.496 e. The zero-order chi connectivity index (χ0) is 19.1. The second kappa shape index (κ2) is 9.16. The molecule has 142 valence electrons. The maximum absolute atomic E-state index is 12.3. The molecule has 1 heterocycles. The number of hydrazine groups is 1. The van der Waals surface area contributed by atoms with E-state index in [9.17, 15) is 4.79 Å². The predicted molar refractivity (Wildman–Crippen MR) is 104 cm³/mol. The fraction of sp³-hybridized carbons (Fsp3) is 0.300. The van der Waals surface area contributed by atoms with Gasteiger partial charge in [0.1, 0.15) is 17.5 Å². The monoisotopic (exact) mass is 368 g/mol. The van der Waals surface area contributed by atoms with E-state index in [-0.39, 0.29) is 18.0 Å². The van der Waals surface area contributed by atoms with Crippen LogP contribution in [0.25, 0.3) is 0 Å². The second-order valence-electron chi connectivity index (χ2n) is 6.11. The van der Waals surface area contributed by atoms with Gasteiger partial charge in [-0.25, -0.2) is 16.3 Å². The number of para-hydroxylation sites is 1. The van der Waals surface area contributed by atoms with Crippen LogP contribution in [0.2, 0.25) is 0 Å². The molecule has 0 aromatic heterocycles. The van der Waals surface area contributed by atoms with Crippen molar-refractivity contribution in [3.63, 3.8) is 0 Å². The number of amides is 1. The number of carbonyl (C=O) groups excluding carboxylic acids is 1. The van der Waals surface area contributed by atoms with Crippen molar-refractivity contribution in [3.05, 3.63) is 59.7 Å². The molecule has 2 atom stereocenters. The van der Waals surface area contributed by atoms with Crippen molar-refractivity contribution in [1.29, 1.82) is 0 Å². The molecule has 7 nitrogen and oxygen atoms in total. The predicted octanol–water partition coefficient (Wildman–Crippen LogP) is 2.15. The number of nitrogens with zero attached hydrogens (tertiary/aromatic N) is 1. The SMILES string of the molecule is CCOc1ccc(/C=N/NC(=O)C2CC(c3ccccc3OC)NN2)cc1. The average molecular weight is 368 g/mol. The van der Waals surface area contributed by atoms with E-state index in [1.807, 2.05) is 55.5 Å².